The largest absolute Gasteiger partial charge is 0.383 e. The maximum absolute atomic E-state index is 5.86. The van der Waals surface area contributed by atoms with Crippen molar-refractivity contribution >= 4 is 28.7 Å². The Hall–Kier alpha value is -1.34. The maximum atomic E-state index is 5.86. The molecule has 2 heterocycles. The molecule has 0 atom stereocenters. The fourth-order valence-corrected chi connectivity index (χ4v) is 2.06. The lowest BCUT2D eigenvalue weighted by molar-refractivity contribution is 0.188. The van der Waals surface area contributed by atoms with Crippen molar-refractivity contribution in [3.8, 4) is 0 Å². The van der Waals surface area contributed by atoms with E-state index in [0.29, 0.717) is 29.6 Å². The lowest BCUT2D eigenvalue weighted by Gasteiger charge is -2.04. The first-order valence-corrected chi connectivity index (χ1v) is 6.35. The minimum Gasteiger partial charge on any atom is -0.383 e. The minimum absolute atomic E-state index is 0.433. The summed E-state index contributed by atoms with van der Waals surface area (Å²) < 4.78 is 6.97. The first-order valence-electron chi connectivity index (χ1n) is 5.36. The van der Waals surface area contributed by atoms with E-state index < -0.39 is 0 Å². The van der Waals surface area contributed by atoms with Gasteiger partial charge in [-0.25, -0.2) is 15.0 Å². The minimum atomic E-state index is 0.433. The molecule has 0 fully saturated rings. The lowest BCUT2D eigenvalue weighted by atomic mass is 10.5. The summed E-state index contributed by atoms with van der Waals surface area (Å²) in [5, 5.41) is 0.691. The van der Waals surface area contributed by atoms with E-state index in [1.165, 1.54) is 0 Å². The van der Waals surface area contributed by atoms with Crippen molar-refractivity contribution in [2.45, 2.75) is 18.6 Å². The third-order valence-electron chi connectivity index (χ3n) is 2.28. The second-order valence-electron chi connectivity index (χ2n) is 3.43. The van der Waals surface area contributed by atoms with Crippen LogP contribution in [0.1, 0.15) is 6.92 Å². The van der Waals surface area contributed by atoms with Crippen LogP contribution < -0.4 is 5.73 Å². The Balaban J connectivity index is 2.42. The predicted molar refractivity (Wildman–Crippen MR) is 68.0 cm³/mol. The van der Waals surface area contributed by atoms with E-state index in [0.717, 1.165) is 11.4 Å². The second kappa shape index (κ2) is 5.33. The number of rotatable bonds is 5. The van der Waals surface area contributed by atoms with E-state index in [1.807, 2.05) is 4.57 Å². The standard InChI is InChI=1S/C10H15N5OS/c1-3-17-10-13-8(11)7-9(14-10)15(6-12-7)4-5-16-2/h6H,3-5H2,1-2H3,(H2,11,13,14). The van der Waals surface area contributed by atoms with Gasteiger partial charge in [0.15, 0.2) is 16.6 Å². The number of nitrogen functional groups attached to an aromatic ring is 1. The van der Waals surface area contributed by atoms with Gasteiger partial charge in [0.05, 0.1) is 12.9 Å². The Bertz CT molecular complexity index is 513. The van der Waals surface area contributed by atoms with Crippen LogP contribution in [0.2, 0.25) is 0 Å². The van der Waals surface area contributed by atoms with Crippen LogP contribution in [0.15, 0.2) is 11.5 Å². The van der Waals surface area contributed by atoms with Crippen LogP contribution in [0.5, 0.6) is 0 Å². The van der Waals surface area contributed by atoms with Crippen LogP contribution in [0.4, 0.5) is 5.82 Å². The molecule has 6 nitrogen and oxygen atoms in total. The molecular weight excluding hydrogens is 238 g/mol. The number of hydrogen-bond donors (Lipinski definition) is 1. The van der Waals surface area contributed by atoms with Crippen molar-refractivity contribution in [3.63, 3.8) is 0 Å². The quantitative estimate of drug-likeness (QED) is 0.636. The molecule has 0 bridgehead atoms. The molecular formula is C10H15N5OS. The van der Waals surface area contributed by atoms with Gasteiger partial charge in [0.2, 0.25) is 0 Å². The maximum Gasteiger partial charge on any atom is 0.191 e. The summed E-state index contributed by atoms with van der Waals surface area (Å²) in [5.74, 6) is 1.35. The Morgan fingerprint density at radius 3 is 3.00 bits per heavy atom. The van der Waals surface area contributed by atoms with Crippen molar-refractivity contribution in [2.75, 3.05) is 25.2 Å². The smallest absolute Gasteiger partial charge is 0.191 e. The first kappa shape index (κ1) is 12.1. The molecule has 0 saturated carbocycles. The number of ether oxygens (including phenoxy) is 1. The summed E-state index contributed by atoms with van der Waals surface area (Å²) in [7, 11) is 1.67. The third-order valence-corrected chi connectivity index (χ3v) is 3.01. The van der Waals surface area contributed by atoms with Crippen LogP contribution in [-0.4, -0.2) is 39.0 Å². The fourth-order valence-electron chi connectivity index (χ4n) is 1.49. The van der Waals surface area contributed by atoms with Crippen LogP contribution >= 0.6 is 11.8 Å². The highest BCUT2D eigenvalue weighted by Gasteiger charge is 2.10. The van der Waals surface area contributed by atoms with Gasteiger partial charge in [0.1, 0.15) is 5.52 Å². The number of methoxy groups -OCH3 is 1. The number of hydrogen-bond acceptors (Lipinski definition) is 6. The molecule has 2 rings (SSSR count). The van der Waals surface area contributed by atoms with Crippen LogP contribution in [0, 0.1) is 0 Å². The van der Waals surface area contributed by atoms with Gasteiger partial charge in [-0.3, -0.25) is 0 Å². The highest BCUT2D eigenvalue weighted by Crippen LogP contribution is 2.21. The fraction of sp³-hybridized carbons (Fsp3) is 0.500. The van der Waals surface area contributed by atoms with Gasteiger partial charge >= 0.3 is 0 Å². The molecule has 2 aromatic rings. The lowest BCUT2D eigenvalue weighted by Crippen LogP contribution is -2.05. The van der Waals surface area contributed by atoms with Crippen LogP contribution in [-0.2, 0) is 11.3 Å². The van der Waals surface area contributed by atoms with Crippen molar-refractivity contribution in [1.29, 1.82) is 0 Å². The number of nitrogens with two attached hydrogens (primary N) is 1. The van der Waals surface area contributed by atoms with E-state index in [1.54, 1.807) is 25.2 Å². The van der Waals surface area contributed by atoms with E-state index >= 15 is 0 Å². The van der Waals surface area contributed by atoms with E-state index in [-0.39, 0.29) is 0 Å². The molecule has 0 radical (unpaired) electrons. The molecule has 0 aromatic carbocycles. The third kappa shape index (κ3) is 2.50. The van der Waals surface area contributed by atoms with Gasteiger partial charge in [0.25, 0.3) is 0 Å². The van der Waals surface area contributed by atoms with Crippen LogP contribution in [0.25, 0.3) is 11.2 Å². The number of fused-ring (bicyclic) bond motifs is 1. The Labute approximate surface area is 104 Å². The number of imidazole rings is 1. The van der Waals surface area contributed by atoms with Gasteiger partial charge in [0, 0.05) is 13.7 Å². The SMILES string of the molecule is CCSc1nc(N)c2ncn(CCOC)c2n1. The predicted octanol–water partition coefficient (Wildman–Crippen LogP) is 1.17. The van der Waals surface area contributed by atoms with Gasteiger partial charge in [-0.05, 0) is 5.75 Å². The van der Waals surface area contributed by atoms with Crippen molar-refractivity contribution < 1.29 is 4.74 Å². The normalized spacial score (nSPS) is 11.2. The molecule has 2 N–H and O–H groups in total. The van der Waals surface area contributed by atoms with Gasteiger partial charge in [-0.15, -0.1) is 0 Å². The molecule has 7 heteroatoms. The summed E-state index contributed by atoms with van der Waals surface area (Å²) in [5.41, 5.74) is 7.28. The van der Waals surface area contributed by atoms with E-state index in [4.69, 9.17) is 10.5 Å². The highest BCUT2D eigenvalue weighted by atomic mass is 32.2. The van der Waals surface area contributed by atoms with Crippen LogP contribution in [0.3, 0.4) is 0 Å². The van der Waals surface area contributed by atoms with Crippen molar-refractivity contribution in [2.24, 2.45) is 0 Å². The summed E-state index contributed by atoms with van der Waals surface area (Å²) in [6.07, 6.45) is 1.72. The Kier molecular flexibility index (Phi) is 3.80. The summed E-state index contributed by atoms with van der Waals surface area (Å²) in [6, 6.07) is 0. The Morgan fingerprint density at radius 1 is 1.47 bits per heavy atom. The number of aromatic nitrogens is 4. The topological polar surface area (TPSA) is 78.8 Å². The zero-order valence-corrected chi connectivity index (χ0v) is 10.7. The second-order valence-corrected chi connectivity index (χ2v) is 4.66. The van der Waals surface area contributed by atoms with Gasteiger partial charge in [-0.2, -0.15) is 0 Å². The van der Waals surface area contributed by atoms with Crippen molar-refractivity contribution in [3.05, 3.63) is 6.33 Å². The molecule has 0 unspecified atom stereocenters. The Morgan fingerprint density at radius 2 is 2.29 bits per heavy atom. The molecule has 2 aromatic heterocycles. The molecule has 0 saturated heterocycles. The average molecular weight is 253 g/mol. The molecule has 0 aliphatic carbocycles. The molecule has 0 amide bonds. The zero-order chi connectivity index (χ0) is 12.3. The van der Waals surface area contributed by atoms with Gasteiger partial charge < -0.3 is 15.0 Å². The number of thioether (sulfide) groups is 1. The highest BCUT2D eigenvalue weighted by molar-refractivity contribution is 7.99. The molecule has 0 aliphatic heterocycles. The van der Waals surface area contributed by atoms with E-state index in [9.17, 15) is 0 Å². The first-order chi connectivity index (χ1) is 8.26. The van der Waals surface area contributed by atoms with Crippen molar-refractivity contribution in [1.82, 2.24) is 19.5 Å². The molecule has 17 heavy (non-hydrogen) atoms. The molecule has 0 aliphatic rings. The summed E-state index contributed by atoms with van der Waals surface area (Å²) in [4.78, 5) is 12.9. The summed E-state index contributed by atoms with van der Waals surface area (Å²) >= 11 is 1.57. The number of anilines is 1. The van der Waals surface area contributed by atoms with E-state index in [2.05, 4.69) is 21.9 Å². The number of nitrogens with zero attached hydrogens (tertiary/aromatic N) is 4. The monoisotopic (exact) mass is 253 g/mol. The average Bonchev–Trinajstić information content (AvgIpc) is 2.70. The molecule has 0 spiro atoms. The summed E-state index contributed by atoms with van der Waals surface area (Å²) in [6.45, 7) is 3.38. The van der Waals surface area contributed by atoms with Gasteiger partial charge in [-0.1, -0.05) is 18.7 Å². The zero-order valence-electron chi connectivity index (χ0n) is 9.88. The molecule has 92 valence electrons.